The predicted octanol–water partition coefficient (Wildman–Crippen LogP) is -0.247. The average molecular weight is 628 g/mol. The molecule has 1 spiro atoms. The van der Waals surface area contributed by atoms with Crippen molar-refractivity contribution in [3.63, 3.8) is 0 Å². The number of carboxylic acid groups (broad SMARTS) is 1. The number of amides is 3. The van der Waals surface area contributed by atoms with Crippen LogP contribution in [0.3, 0.4) is 0 Å². The third kappa shape index (κ3) is 6.21. The van der Waals surface area contributed by atoms with Crippen molar-refractivity contribution in [3.05, 3.63) is 35.1 Å². The fourth-order valence-corrected chi connectivity index (χ4v) is 7.31. The number of aliphatic imine (C=N–C) groups is 1. The van der Waals surface area contributed by atoms with Gasteiger partial charge in [0.1, 0.15) is 18.2 Å². The van der Waals surface area contributed by atoms with Gasteiger partial charge in [-0.05, 0) is 69.3 Å². The number of carbonyl (C=O) groups excluding carboxylic acids is 3. The minimum Gasteiger partial charge on any atom is -0.504 e. The van der Waals surface area contributed by atoms with Gasteiger partial charge in [0.25, 0.3) is 0 Å². The molecule has 5 rings (SSSR count). The smallest absolute Gasteiger partial charge is 0.414 e. The van der Waals surface area contributed by atoms with Crippen molar-refractivity contribution < 1.29 is 38.9 Å². The van der Waals surface area contributed by atoms with E-state index in [2.05, 4.69) is 27.6 Å². The van der Waals surface area contributed by atoms with Crippen LogP contribution in [0.15, 0.2) is 29.0 Å². The van der Waals surface area contributed by atoms with E-state index in [9.17, 15) is 24.3 Å². The zero-order valence-electron chi connectivity index (χ0n) is 25.5. The number of hydrogen-bond acceptors (Lipinski definition) is 9. The van der Waals surface area contributed by atoms with Crippen molar-refractivity contribution in [2.45, 2.75) is 62.1 Å². The number of guanidine groups is 1. The number of rotatable bonds is 12. The van der Waals surface area contributed by atoms with Crippen LogP contribution in [0.25, 0.3) is 0 Å². The lowest BCUT2D eigenvalue weighted by Gasteiger charge is -2.56. The van der Waals surface area contributed by atoms with Crippen molar-refractivity contribution in [2.75, 3.05) is 40.3 Å². The summed E-state index contributed by atoms with van der Waals surface area (Å²) in [5.74, 6) is -1.53. The van der Waals surface area contributed by atoms with Gasteiger partial charge in [0.2, 0.25) is 11.8 Å². The van der Waals surface area contributed by atoms with Gasteiger partial charge in [-0.1, -0.05) is 6.07 Å². The Kier molecular flexibility index (Phi) is 9.09. The number of likely N-dealkylation sites (tertiary alicyclic amines) is 1. The van der Waals surface area contributed by atoms with Gasteiger partial charge in [-0.25, -0.2) is 4.79 Å². The van der Waals surface area contributed by atoms with E-state index >= 15 is 0 Å². The molecule has 8 N–H and O–H groups in total. The highest BCUT2D eigenvalue weighted by Gasteiger charge is 2.64. The lowest BCUT2D eigenvalue weighted by molar-refractivity contribution is -0.141. The van der Waals surface area contributed by atoms with E-state index in [1.807, 2.05) is 12.1 Å². The molecule has 3 amide bonds. The Morgan fingerprint density at radius 1 is 1.29 bits per heavy atom. The fraction of sp³-hybridized carbons (Fsp3) is 0.567. The van der Waals surface area contributed by atoms with Gasteiger partial charge in [0.15, 0.2) is 23.6 Å². The number of hydrogen-bond donors (Lipinski definition) is 6. The van der Waals surface area contributed by atoms with Crippen LogP contribution in [0.1, 0.15) is 43.2 Å². The summed E-state index contributed by atoms with van der Waals surface area (Å²) >= 11 is 0. The maximum Gasteiger partial charge on any atom is 0.414 e. The molecule has 0 saturated carbocycles. The molecule has 244 valence electrons. The summed E-state index contributed by atoms with van der Waals surface area (Å²) in [5.41, 5.74) is 12.5. The summed E-state index contributed by atoms with van der Waals surface area (Å²) in [6.07, 6.45) is 2.90. The standard InChI is InChI=1S/C30H41N7O8/c1-36-12-9-30-17-6-8-21(26(30)45-25-20(38)7-5-16(24(25)30)14-19(17)36)44-29(43)37(2)13-11-33-27(42)18(4-3-10-34-28(31)32)35-22(39)15-23(40)41/h5,7-8,17-19,26,38H,3-4,6,9-15H2,1-2H3,(H,33,42)(H,35,39)(H,40,41)(H4,31,32,34). The number of carbonyl (C=O) groups is 4. The number of phenolic OH excluding ortho intramolecular Hbond substituents is 1. The first-order valence-corrected chi connectivity index (χ1v) is 15.1. The summed E-state index contributed by atoms with van der Waals surface area (Å²) in [4.78, 5) is 56.6. The lowest BCUT2D eigenvalue weighted by atomic mass is 9.53. The molecule has 1 aromatic rings. The average Bonchev–Trinajstić information content (AvgIpc) is 3.33. The van der Waals surface area contributed by atoms with Crippen LogP contribution < -0.4 is 26.8 Å². The van der Waals surface area contributed by atoms with Crippen LogP contribution >= 0.6 is 0 Å². The zero-order chi connectivity index (χ0) is 32.5. The number of benzene rings is 1. The minimum atomic E-state index is -1.32. The van der Waals surface area contributed by atoms with Crippen LogP contribution in [-0.2, 0) is 31.0 Å². The third-order valence-electron chi connectivity index (χ3n) is 9.40. The van der Waals surface area contributed by atoms with Crippen LogP contribution in [0.5, 0.6) is 11.5 Å². The molecule has 45 heavy (non-hydrogen) atoms. The Labute approximate surface area is 260 Å². The first kappa shape index (κ1) is 31.9. The molecule has 5 atom stereocenters. The summed E-state index contributed by atoms with van der Waals surface area (Å²) in [5, 5.41) is 24.7. The normalized spacial score (nSPS) is 24.7. The largest absolute Gasteiger partial charge is 0.504 e. The summed E-state index contributed by atoms with van der Waals surface area (Å²) < 4.78 is 12.3. The van der Waals surface area contributed by atoms with E-state index in [-0.39, 0.29) is 43.7 Å². The van der Waals surface area contributed by atoms with E-state index in [0.29, 0.717) is 30.4 Å². The van der Waals surface area contributed by atoms with Crippen molar-refractivity contribution in [1.82, 2.24) is 20.4 Å². The summed E-state index contributed by atoms with van der Waals surface area (Å²) in [7, 11) is 3.68. The summed E-state index contributed by atoms with van der Waals surface area (Å²) in [6, 6.07) is 2.94. The van der Waals surface area contributed by atoms with Gasteiger partial charge >= 0.3 is 12.1 Å². The molecular weight excluding hydrogens is 586 g/mol. The topological polar surface area (TPSA) is 222 Å². The van der Waals surface area contributed by atoms with E-state index in [0.717, 1.165) is 30.5 Å². The monoisotopic (exact) mass is 627 g/mol. The molecule has 15 nitrogen and oxygen atoms in total. The molecule has 0 radical (unpaired) electrons. The van der Waals surface area contributed by atoms with Crippen LogP contribution in [0, 0.1) is 5.92 Å². The van der Waals surface area contributed by atoms with Gasteiger partial charge in [-0.15, -0.1) is 0 Å². The number of aromatic hydroxyl groups is 1. The number of nitrogens with one attached hydrogen (secondary N) is 2. The molecule has 2 heterocycles. The number of carboxylic acids is 1. The number of likely N-dealkylation sites (N-methyl/N-ethyl adjacent to an activating group) is 2. The minimum absolute atomic E-state index is 0.0469. The number of aliphatic carboxylic acids is 1. The van der Waals surface area contributed by atoms with Crippen LogP contribution in [0.2, 0.25) is 0 Å². The van der Waals surface area contributed by atoms with Crippen LogP contribution in [-0.4, -0.2) is 108 Å². The van der Waals surface area contributed by atoms with Gasteiger partial charge in [-0.2, -0.15) is 0 Å². The fourth-order valence-electron chi connectivity index (χ4n) is 7.31. The molecule has 1 aromatic carbocycles. The molecule has 2 aliphatic heterocycles. The number of nitrogens with zero attached hydrogens (tertiary/aromatic N) is 3. The van der Waals surface area contributed by atoms with E-state index in [1.165, 1.54) is 4.90 Å². The Bertz CT molecular complexity index is 1430. The molecule has 1 saturated heterocycles. The number of phenols is 1. The molecule has 15 heteroatoms. The summed E-state index contributed by atoms with van der Waals surface area (Å²) in [6.45, 7) is 1.23. The first-order valence-electron chi connectivity index (χ1n) is 15.1. The van der Waals surface area contributed by atoms with Gasteiger partial charge in [0.05, 0.1) is 0 Å². The maximum atomic E-state index is 13.2. The SMILES string of the molecule is CN(CCNC(=O)C(CCCN=C(N)N)NC(=O)CC(=O)O)C(=O)OC1=CCC2C3Cc4ccc(O)c5c4C2(CCN3C)C1O5. The van der Waals surface area contributed by atoms with E-state index < -0.39 is 47.9 Å². The Hall–Kier alpha value is -4.53. The molecule has 1 fully saturated rings. The zero-order valence-corrected chi connectivity index (χ0v) is 25.5. The number of nitrogens with two attached hydrogens (primary N) is 2. The van der Waals surface area contributed by atoms with E-state index in [1.54, 1.807) is 13.1 Å². The van der Waals surface area contributed by atoms with Crippen molar-refractivity contribution in [2.24, 2.45) is 22.4 Å². The highest BCUT2D eigenvalue weighted by molar-refractivity contribution is 5.96. The number of piperidine rings is 1. The van der Waals surface area contributed by atoms with Crippen LogP contribution in [0.4, 0.5) is 4.79 Å². The highest BCUT2D eigenvalue weighted by atomic mass is 16.6. The molecule has 5 unspecified atom stereocenters. The Morgan fingerprint density at radius 3 is 2.80 bits per heavy atom. The number of ether oxygens (including phenoxy) is 2. The second-order valence-electron chi connectivity index (χ2n) is 12.2. The van der Waals surface area contributed by atoms with Crippen molar-refractivity contribution >= 4 is 29.8 Å². The third-order valence-corrected chi connectivity index (χ3v) is 9.40. The molecule has 2 bridgehead atoms. The van der Waals surface area contributed by atoms with Crippen molar-refractivity contribution in [1.29, 1.82) is 0 Å². The Balaban J connectivity index is 1.20. The van der Waals surface area contributed by atoms with Gasteiger partial charge in [-0.3, -0.25) is 19.4 Å². The number of allylic oxidation sites excluding steroid dienone is 1. The second-order valence-corrected chi connectivity index (χ2v) is 12.2. The van der Waals surface area contributed by atoms with Gasteiger partial charge in [0, 0.05) is 43.7 Å². The second kappa shape index (κ2) is 12.8. The highest BCUT2D eigenvalue weighted by Crippen LogP contribution is 2.63. The molecular formula is C30H41N7O8. The first-order chi connectivity index (χ1) is 21.4. The quantitative estimate of drug-likeness (QED) is 0.0767. The maximum absolute atomic E-state index is 13.2. The van der Waals surface area contributed by atoms with Crippen molar-refractivity contribution in [3.8, 4) is 11.5 Å². The molecule has 2 aliphatic carbocycles. The van der Waals surface area contributed by atoms with Gasteiger partial charge < -0.3 is 51.6 Å². The Morgan fingerprint density at radius 2 is 2.07 bits per heavy atom. The van der Waals surface area contributed by atoms with E-state index in [4.69, 9.17) is 26.0 Å². The molecule has 4 aliphatic rings. The predicted molar refractivity (Wildman–Crippen MR) is 161 cm³/mol. The lowest BCUT2D eigenvalue weighted by Crippen LogP contribution is -2.63. The molecule has 0 aromatic heterocycles.